The molecule has 8 nitrogen and oxygen atoms in total. The average Bonchev–Trinajstić information content (AvgIpc) is 3.43. The molecule has 1 N–H and O–H groups in total. The molecule has 31 heavy (non-hydrogen) atoms. The molecule has 0 saturated heterocycles. The zero-order chi connectivity index (χ0) is 22.0. The molecule has 4 rings (SSSR count). The van der Waals surface area contributed by atoms with Crippen LogP contribution in [-0.4, -0.2) is 25.5 Å². The lowest BCUT2D eigenvalue weighted by molar-refractivity contribution is 0.0956. The zero-order valence-corrected chi connectivity index (χ0v) is 18.8. The lowest BCUT2D eigenvalue weighted by Gasteiger charge is -2.18. The van der Waals surface area contributed by atoms with Crippen LogP contribution in [0.4, 0.5) is 5.95 Å². The molecule has 3 aromatic heterocycles. The van der Waals surface area contributed by atoms with Gasteiger partial charge in [0.2, 0.25) is 5.95 Å². The van der Waals surface area contributed by atoms with Crippen molar-refractivity contribution >= 4 is 33.6 Å². The number of halogens is 1. The second-order valence-corrected chi connectivity index (χ2v) is 8.18. The Hall–Kier alpha value is -3.20. The van der Waals surface area contributed by atoms with E-state index in [2.05, 4.69) is 37.9 Å². The molecule has 0 aliphatic rings. The molecule has 0 aliphatic heterocycles. The number of aromatic nitrogens is 4. The van der Waals surface area contributed by atoms with Crippen molar-refractivity contribution in [1.29, 1.82) is 0 Å². The van der Waals surface area contributed by atoms with E-state index in [1.807, 2.05) is 31.2 Å². The van der Waals surface area contributed by atoms with Gasteiger partial charge in [0.1, 0.15) is 0 Å². The van der Waals surface area contributed by atoms with Crippen molar-refractivity contribution in [2.24, 2.45) is 0 Å². The molecule has 0 atom stereocenters. The lowest BCUT2D eigenvalue weighted by atomic mass is 10.1. The fraction of sp³-hybridized carbons (Fsp3) is 0.273. The van der Waals surface area contributed by atoms with Gasteiger partial charge in [-0.05, 0) is 49.6 Å². The van der Waals surface area contributed by atoms with Gasteiger partial charge in [0, 0.05) is 10.0 Å². The van der Waals surface area contributed by atoms with E-state index in [-0.39, 0.29) is 35.5 Å². The van der Waals surface area contributed by atoms with Gasteiger partial charge < -0.3 is 4.42 Å². The van der Waals surface area contributed by atoms with Crippen molar-refractivity contribution in [2.75, 3.05) is 4.90 Å². The number of aryl methyl sites for hydroxylation is 1. The van der Waals surface area contributed by atoms with E-state index >= 15 is 0 Å². The molecular formula is C22H22BrN5O3. The molecule has 0 fully saturated rings. The van der Waals surface area contributed by atoms with Gasteiger partial charge in [0.05, 0.1) is 18.5 Å². The highest BCUT2D eigenvalue weighted by Crippen LogP contribution is 2.19. The number of hydrogen-bond acceptors (Lipinski definition) is 5. The summed E-state index contributed by atoms with van der Waals surface area (Å²) >= 11 is 3.42. The third-order valence-electron chi connectivity index (χ3n) is 5.05. The predicted molar refractivity (Wildman–Crippen MR) is 120 cm³/mol. The summed E-state index contributed by atoms with van der Waals surface area (Å²) in [6.45, 7) is 4.13. The number of nitrogens with one attached hydrogen (secondary N) is 1. The maximum absolute atomic E-state index is 13.2. The highest BCUT2D eigenvalue weighted by Gasteiger charge is 2.25. The molecule has 0 spiro atoms. The summed E-state index contributed by atoms with van der Waals surface area (Å²) in [6.07, 6.45) is 3.98. The van der Waals surface area contributed by atoms with Crippen LogP contribution in [-0.2, 0) is 13.0 Å². The summed E-state index contributed by atoms with van der Waals surface area (Å²) < 4.78 is 7.55. The van der Waals surface area contributed by atoms with Crippen LogP contribution in [0.5, 0.6) is 0 Å². The van der Waals surface area contributed by atoms with Gasteiger partial charge in [-0.1, -0.05) is 41.4 Å². The van der Waals surface area contributed by atoms with Gasteiger partial charge in [0.15, 0.2) is 5.76 Å². The summed E-state index contributed by atoms with van der Waals surface area (Å²) in [6, 6.07) is 10.9. The molecule has 1 aromatic carbocycles. The van der Waals surface area contributed by atoms with Crippen molar-refractivity contribution in [1.82, 2.24) is 19.6 Å². The van der Waals surface area contributed by atoms with Crippen molar-refractivity contribution in [3.05, 3.63) is 80.1 Å². The number of benzene rings is 1. The summed E-state index contributed by atoms with van der Waals surface area (Å²) in [7, 11) is 0. The number of carbonyl (C=O) groups excluding carboxylic acids is 1. The molecule has 0 saturated carbocycles. The van der Waals surface area contributed by atoms with Gasteiger partial charge in [-0.2, -0.15) is 9.50 Å². The number of nitrogens with zero attached hydrogens (tertiary/aromatic N) is 4. The van der Waals surface area contributed by atoms with Crippen LogP contribution in [0.15, 0.2) is 56.3 Å². The lowest BCUT2D eigenvalue weighted by Crippen LogP contribution is -2.31. The molecule has 0 aliphatic carbocycles. The van der Waals surface area contributed by atoms with Crippen LogP contribution in [0.3, 0.4) is 0 Å². The number of unbranched alkanes of at least 4 members (excludes halogenated alkanes) is 1. The molecule has 0 bridgehead atoms. The number of furan rings is 1. The largest absolute Gasteiger partial charge is 0.459 e. The van der Waals surface area contributed by atoms with Crippen LogP contribution in [0.1, 0.15) is 47.1 Å². The number of carbonyl (C=O) groups is 1. The minimum atomic E-state index is -0.372. The van der Waals surface area contributed by atoms with Gasteiger partial charge >= 0.3 is 0 Å². The Morgan fingerprint density at radius 2 is 2.00 bits per heavy atom. The third kappa shape index (κ3) is 4.32. The quantitative estimate of drug-likeness (QED) is 0.423. The first-order valence-corrected chi connectivity index (χ1v) is 10.8. The topological polar surface area (TPSA) is 96.5 Å². The number of amides is 1. The molecule has 0 unspecified atom stereocenters. The molecule has 4 aromatic rings. The maximum Gasteiger partial charge on any atom is 0.296 e. The second kappa shape index (κ2) is 8.89. The Labute approximate surface area is 187 Å². The second-order valence-electron chi connectivity index (χ2n) is 7.26. The van der Waals surface area contributed by atoms with Crippen LogP contribution in [0, 0.1) is 6.92 Å². The predicted octanol–water partition coefficient (Wildman–Crippen LogP) is 4.27. The van der Waals surface area contributed by atoms with E-state index in [9.17, 15) is 9.59 Å². The molecule has 3 heterocycles. The zero-order valence-electron chi connectivity index (χ0n) is 17.3. The van der Waals surface area contributed by atoms with Crippen molar-refractivity contribution in [3.8, 4) is 0 Å². The number of anilines is 1. The van der Waals surface area contributed by atoms with Gasteiger partial charge in [0.25, 0.3) is 17.2 Å². The normalized spacial score (nSPS) is 11.2. The van der Waals surface area contributed by atoms with E-state index in [1.54, 1.807) is 12.1 Å². The average molecular weight is 484 g/mol. The first-order valence-electron chi connectivity index (χ1n) is 10.1. The van der Waals surface area contributed by atoms with Crippen LogP contribution >= 0.6 is 15.9 Å². The Bertz CT molecular complexity index is 1260. The van der Waals surface area contributed by atoms with Gasteiger partial charge in [-0.25, -0.2) is 4.98 Å². The highest BCUT2D eigenvalue weighted by atomic mass is 79.9. The van der Waals surface area contributed by atoms with E-state index in [4.69, 9.17) is 4.42 Å². The number of H-pyrrole nitrogens is 1. The van der Waals surface area contributed by atoms with Gasteiger partial charge in [-0.15, -0.1) is 0 Å². The van der Waals surface area contributed by atoms with Crippen LogP contribution in [0.25, 0.3) is 5.78 Å². The van der Waals surface area contributed by atoms with Gasteiger partial charge in [-0.3, -0.25) is 19.6 Å². The minimum Gasteiger partial charge on any atom is -0.459 e. The van der Waals surface area contributed by atoms with E-state index in [0.717, 1.165) is 22.9 Å². The highest BCUT2D eigenvalue weighted by molar-refractivity contribution is 9.10. The monoisotopic (exact) mass is 483 g/mol. The number of rotatable bonds is 7. The first kappa shape index (κ1) is 21.0. The molecule has 160 valence electrons. The fourth-order valence-corrected chi connectivity index (χ4v) is 3.62. The number of aromatic amines is 1. The Morgan fingerprint density at radius 1 is 1.23 bits per heavy atom. The maximum atomic E-state index is 13.2. The Morgan fingerprint density at radius 3 is 2.68 bits per heavy atom. The van der Waals surface area contributed by atoms with Crippen molar-refractivity contribution in [2.45, 2.75) is 39.7 Å². The Balaban J connectivity index is 1.78. The van der Waals surface area contributed by atoms with Crippen LogP contribution in [0.2, 0.25) is 0 Å². The summed E-state index contributed by atoms with van der Waals surface area (Å²) in [5.41, 5.74) is 2.02. The third-order valence-corrected chi connectivity index (χ3v) is 5.58. The molecule has 0 radical (unpaired) electrons. The first-order chi connectivity index (χ1) is 15.0. The standard InChI is InChI=1S/C22H22BrN5O3/c1-3-4-6-17-14(2)24-21-25-22(26-28(21)19(17)29)27(20(30)18-7-5-12-31-18)13-15-8-10-16(23)11-9-15/h5,7-12H,3-4,6,13H2,1-2H3,(H,24,25,26). The van der Waals surface area contributed by atoms with Crippen molar-refractivity contribution < 1.29 is 9.21 Å². The number of hydrogen-bond donors (Lipinski definition) is 1. The summed E-state index contributed by atoms with van der Waals surface area (Å²) in [5.74, 6) is 0.257. The number of fused-ring (bicyclic) bond motifs is 1. The Kier molecular flexibility index (Phi) is 6.03. The SMILES string of the molecule is CCCCc1c(C)nc2nc(N(Cc3ccc(Br)cc3)C(=O)c3ccco3)[nH]n2c1=O. The fourth-order valence-electron chi connectivity index (χ4n) is 3.35. The van der Waals surface area contributed by atoms with Crippen molar-refractivity contribution in [3.63, 3.8) is 0 Å². The minimum absolute atomic E-state index is 0.178. The summed E-state index contributed by atoms with van der Waals surface area (Å²) in [5, 5.41) is 2.97. The van der Waals surface area contributed by atoms with E-state index in [0.29, 0.717) is 17.7 Å². The smallest absolute Gasteiger partial charge is 0.296 e. The van der Waals surface area contributed by atoms with Crippen LogP contribution < -0.4 is 10.5 Å². The summed E-state index contributed by atoms with van der Waals surface area (Å²) in [4.78, 5) is 36.6. The molecular weight excluding hydrogens is 462 g/mol. The van der Waals surface area contributed by atoms with E-state index < -0.39 is 0 Å². The van der Waals surface area contributed by atoms with E-state index in [1.165, 1.54) is 15.7 Å². The molecule has 9 heteroatoms. The molecule has 1 amide bonds.